The van der Waals surface area contributed by atoms with E-state index in [2.05, 4.69) is 36.8 Å². The molecule has 0 radical (unpaired) electrons. The Balaban J connectivity index is 1.70. The Morgan fingerprint density at radius 2 is 1.71 bits per heavy atom. The predicted molar refractivity (Wildman–Crippen MR) is 126 cm³/mol. The minimum atomic E-state index is -1.66. The van der Waals surface area contributed by atoms with E-state index in [-0.39, 0.29) is 26.2 Å². The van der Waals surface area contributed by atoms with Crippen molar-refractivity contribution in [3.8, 4) is 11.5 Å². The van der Waals surface area contributed by atoms with Gasteiger partial charge in [-0.2, -0.15) is 0 Å². The van der Waals surface area contributed by atoms with Crippen molar-refractivity contribution >= 4 is 48.7 Å². The van der Waals surface area contributed by atoms with Crippen molar-refractivity contribution in [1.29, 1.82) is 0 Å². The van der Waals surface area contributed by atoms with Crippen LogP contribution in [0.4, 0.5) is 0 Å². The van der Waals surface area contributed by atoms with E-state index in [1.54, 1.807) is 12.3 Å². The lowest BCUT2D eigenvalue weighted by Crippen LogP contribution is -2.57. The number of fused-ring (bicyclic) bond motifs is 1. The molecule has 0 spiro atoms. The fourth-order valence-corrected chi connectivity index (χ4v) is 5.25. The van der Waals surface area contributed by atoms with Crippen molar-refractivity contribution in [2.45, 2.75) is 30.8 Å². The molecule has 1 aliphatic carbocycles. The molecule has 0 amide bonds. The minimum Gasteiger partial charge on any atom is -0.489 e. The molecule has 1 fully saturated rings. The molecule has 6 N–H and O–H groups in total. The molecule has 1 aromatic heterocycles. The highest BCUT2D eigenvalue weighted by atomic mass is 79.9. The maximum absolute atomic E-state index is 11.5. The number of aromatic nitrogens is 1. The summed E-state index contributed by atoms with van der Waals surface area (Å²) in [5, 5.41) is 49.0. The number of aliphatic hydroxyl groups is 4. The predicted octanol–water partition coefficient (Wildman–Crippen LogP) is 1.03. The van der Waals surface area contributed by atoms with Gasteiger partial charge in [-0.05, 0) is 37.9 Å². The van der Waals surface area contributed by atoms with Crippen LogP contribution in [0.5, 0.6) is 11.5 Å². The second-order valence-corrected chi connectivity index (χ2v) is 9.33. The van der Waals surface area contributed by atoms with Crippen molar-refractivity contribution < 1.29 is 49.3 Å². The number of aliphatic hydroxyl groups excluding tert-OH is 4. The monoisotopic (exact) mass is 611 g/mol. The van der Waals surface area contributed by atoms with E-state index < -0.39 is 36.3 Å². The van der Waals surface area contributed by atoms with Gasteiger partial charge in [-0.1, -0.05) is 0 Å². The number of rotatable bonds is 12. The average molecular weight is 613 g/mol. The van der Waals surface area contributed by atoms with Crippen LogP contribution < -0.4 is 9.47 Å². The standard InChI is InChI=1S/C21H27Br2NO10/c22-11-8-12-15(16(23)20(11)33-6-5-32-4-3-31-2-1-25)14(9-24-12)34-13-7-10(21(29)30)17(26)19(28)18(13)27/h8-10,13,17-19,24-28H,1-7H2,(H,29,30)/t10-,13+,17+,18-,19-/m0/s1. The van der Waals surface area contributed by atoms with Gasteiger partial charge in [-0.25, -0.2) is 0 Å². The van der Waals surface area contributed by atoms with E-state index in [1.165, 1.54) is 0 Å². The molecule has 190 valence electrons. The first-order chi connectivity index (χ1) is 16.3. The number of carboxylic acid groups (broad SMARTS) is 1. The second kappa shape index (κ2) is 12.5. The van der Waals surface area contributed by atoms with Gasteiger partial charge in [0.1, 0.15) is 36.4 Å². The summed E-state index contributed by atoms with van der Waals surface area (Å²) in [7, 11) is 0. The van der Waals surface area contributed by atoms with Crippen LogP contribution in [-0.2, 0) is 14.3 Å². The molecular formula is C21H27Br2NO10. The first-order valence-electron chi connectivity index (χ1n) is 10.6. The molecule has 0 bridgehead atoms. The van der Waals surface area contributed by atoms with Crippen LogP contribution >= 0.6 is 31.9 Å². The number of nitrogens with one attached hydrogen (secondary N) is 1. The molecule has 11 nitrogen and oxygen atoms in total. The Bertz CT molecular complexity index is 971. The molecular weight excluding hydrogens is 586 g/mol. The summed E-state index contributed by atoms with van der Waals surface area (Å²) in [4.78, 5) is 14.5. The molecule has 0 unspecified atom stereocenters. The summed E-state index contributed by atoms with van der Waals surface area (Å²) >= 11 is 6.99. The van der Waals surface area contributed by atoms with E-state index in [1.807, 2.05) is 0 Å². The van der Waals surface area contributed by atoms with Gasteiger partial charge in [-0.15, -0.1) is 0 Å². The van der Waals surface area contributed by atoms with Gasteiger partial charge in [0, 0.05) is 12.6 Å². The van der Waals surface area contributed by atoms with Crippen LogP contribution in [0, 0.1) is 5.92 Å². The van der Waals surface area contributed by atoms with E-state index in [4.69, 9.17) is 24.1 Å². The van der Waals surface area contributed by atoms with Crippen LogP contribution in [0.1, 0.15) is 6.42 Å². The SMILES string of the molecule is O=C(O)[C@H]1C[C@@H](Oc2c[nH]c3cc(Br)c(OCCOCCOCCO)c(Br)c23)[C@H](O)[C@@H](O)[C@@H]1O. The third kappa shape index (κ3) is 6.21. The first-order valence-corrected chi connectivity index (χ1v) is 12.2. The van der Waals surface area contributed by atoms with Gasteiger partial charge in [0.15, 0.2) is 0 Å². The van der Waals surface area contributed by atoms with E-state index in [0.717, 1.165) is 0 Å². The Morgan fingerprint density at radius 1 is 1.03 bits per heavy atom. The highest BCUT2D eigenvalue weighted by Crippen LogP contribution is 2.44. The number of carbonyl (C=O) groups is 1. The lowest BCUT2D eigenvalue weighted by molar-refractivity contribution is -0.174. The summed E-state index contributed by atoms with van der Waals surface area (Å²) in [6.07, 6.45) is -4.41. The molecule has 1 aliphatic rings. The van der Waals surface area contributed by atoms with Gasteiger partial charge in [0.05, 0.1) is 64.9 Å². The van der Waals surface area contributed by atoms with Crippen LogP contribution in [-0.4, -0.2) is 101 Å². The van der Waals surface area contributed by atoms with Gasteiger partial charge in [0.2, 0.25) is 0 Å². The van der Waals surface area contributed by atoms with Crippen molar-refractivity contribution in [1.82, 2.24) is 4.98 Å². The number of H-pyrrole nitrogens is 1. The Labute approximate surface area is 211 Å². The van der Waals surface area contributed by atoms with Crippen molar-refractivity contribution in [3.63, 3.8) is 0 Å². The molecule has 3 rings (SSSR count). The molecule has 1 saturated carbocycles. The first kappa shape index (κ1) is 27.1. The molecule has 1 heterocycles. The van der Waals surface area contributed by atoms with E-state index in [9.17, 15) is 25.2 Å². The number of benzene rings is 1. The molecule has 2 aromatic rings. The molecule has 5 atom stereocenters. The number of hydrogen-bond donors (Lipinski definition) is 6. The van der Waals surface area contributed by atoms with Gasteiger partial charge >= 0.3 is 5.97 Å². The number of halogens is 2. The normalized spacial score (nSPS) is 24.9. The Kier molecular flexibility index (Phi) is 9.97. The van der Waals surface area contributed by atoms with Crippen LogP contribution in [0.15, 0.2) is 21.2 Å². The number of aliphatic carboxylic acids is 1. The topological polar surface area (TPSA) is 171 Å². The summed E-state index contributed by atoms with van der Waals surface area (Å²) in [5.41, 5.74) is 0.680. The zero-order chi connectivity index (χ0) is 24.8. The number of ether oxygens (including phenoxy) is 4. The lowest BCUT2D eigenvalue weighted by atomic mass is 9.81. The van der Waals surface area contributed by atoms with Crippen molar-refractivity contribution in [2.24, 2.45) is 5.92 Å². The molecule has 0 saturated heterocycles. The summed E-state index contributed by atoms with van der Waals surface area (Å²) in [5.74, 6) is -1.76. The van der Waals surface area contributed by atoms with Gasteiger partial charge in [-0.3, -0.25) is 4.79 Å². The Hall–Kier alpha value is -1.45. The highest BCUT2D eigenvalue weighted by Gasteiger charge is 2.47. The number of hydrogen-bond acceptors (Lipinski definition) is 9. The zero-order valence-electron chi connectivity index (χ0n) is 18.0. The fraction of sp³-hybridized carbons (Fsp3) is 0.571. The average Bonchev–Trinajstić information content (AvgIpc) is 3.19. The van der Waals surface area contributed by atoms with E-state index in [0.29, 0.717) is 51.2 Å². The zero-order valence-corrected chi connectivity index (χ0v) is 21.2. The highest BCUT2D eigenvalue weighted by molar-refractivity contribution is 9.11. The second-order valence-electron chi connectivity index (χ2n) is 7.68. The van der Waals surface area contributed by atoms with Crippen molar-refractivity contribution in [3.05, 3.63) is 21.2 Å². The number of carboxylic acids is 1. The summed E-state index contributed by atoms with van der Waals surface area (Å²) in [6, 6.07) is 1.78. The minimum absolute atomic E-state index is 0.0408. The molecule has 1 aromatic carbocycles. The van der Waals surface area contributed by atoms with Gasteiger partial charge in [0.25, 0.3) is 0 Å². The maximum Gasteiger partial charge on any atom is 0.309 e. The van der Waals surface area contributed by atoms with Crippen LogP contribution in [0.3, 0.4) is 0 Å². The fourth-order valence-electron chi connectivity index (χ4n) is 3.70. The molecule has 0 aliphatic heterocycles. The lowest BCUT2D eigenvalue weighted by Gasteiger charge is -2.38. The van der Waals surface area contributed by atoms with Gasteiger partial charge < -0.3 is 49.5 Å². The summed E-state index contributed by atoms with van der Waals surface area (Å²) in [6.45, 7) is 1.50. The summed E-state index contributed by atoms with van der Waals surface area (Å²) < 4.78 is 23.5. The maximum atomic E-state index is 11.5. The van der Waals surface area contributed by atoms with E-state index >= 15 is 0 Å². The quantitative estimate of drug-likeness (QED) is 0.190. The van der Waals surface area contributed by atoms with Crippen LogP contribution in [0.25, 0.3) is 10.9 Å². The third-order valence-corrected chi connectivity index (χ3v) is 6.78. The van der Waals surface area contributed by atoms with Crippen LogP contribution in [0.2, 0.25) is 0 Å². The molecule has 34 heavy (non-hydrogen) atoms. The Morgan fingerprint density at radius 3 is 2.38 bits per heavy atom. The largest absolute Gasteiger partial charge is 0.489 e. The smallest absolute Gasteiger partial charge is 0.309 e. The van der Waals surface area contributed by atoms with Crippen molar-refractivity contribution in [2.75, 3.05) is 39.6 Å². The molecule has 13 heteroatoms. The number of aromatic amines is 1. The third-order valence-electron chi connectivity index (χ3n) is 5.44.